The number of rotatable bonds is 5. The van der Waals surface area contributed by atoms with E-state index in [0.29, 0.717) is 18.0 Å². The van der Waals surface area contributed by atoms with Crippen molar-refractivity contribution in [2.45, 2.75) is 50.0 Å². The van der Waals surface area contributed by atoms with Crippen molar-refractivity contribution in [2.75, 3.05) is 18.1 Å². The van der Waals surface area contributed by atoms with Crippen LogP contribution in [0.5, 0.6) is 5.75 Å². The molecule has 2 aliphatic rings. The van der Waals surface area contributed by atoms with E-state index in [1.54, 1.807) is 16.3 Å². The number of nitrogens with one attached hydrogen (secondary N) is 1. The number of hydrogen-bond donors (Lipinski definition) is 1. The minimum Gasteiger partial charge on any atom is -0.483 e. The predicted octanol–water partition coefficient (Wildman–Crippen LogP) is 4.70. The first-order chi connectivity index (χ1) is 12.9. The Hall–Kier alpha value is -1.88. The fourth-order valence-corrected chi connectivity index (χ4v) is 4.14. The summed E-state index contributed by atoms with van der Waals surface area (Å²) < 4.78 is 7.99. The minimum atomic E-state index is -0.348. The molecule has 1 aliphatic carbocycles. The van der Waals surface area contributed by atoms with Crippen LogP contribution in [0.4, 0.5) is 5.69 Å². The molecule has 0 saturated heterocycles. The summed E-state index contributed by atoms with van der Waals surface area (Å²) in [6, 6.07) is 6.70. The van der Waals surface area contributed by atoms with E-state index in [1.165, 1.54) is 35.3 Å². The van der Waals surface area contributed by atoms with E-state index in [9.17, 15) is 4.79 Å². The zero-order valence-electron chi connectivity index (χ0n) is 16.6. The van der Waals surface area contributed by atoms with Crippen molar-refractivity contribution in [2.24, 2.45) is 13.0 Å². The Bertz CT molecular complexity index is 929. The van der Waals surface area contributed by atoms with Crippen LogP contribution in [0.25, 0.3) is 11.1 Å². The van der Waals surface area contributed by atoms with E-state index in [2.05, 4.69) is 43.6 Å². The molecule has 1 fully saturated rings. The van der Waals surface area contributed by atoms with Crippen LogP contribution in [0, 0.1) is 5.92 Å². The average Bonchev–Trinajstić information content (AvgIpc) is 3.46. The average molecular weight is 385 g/mol. The van der Waals surface area contributed by atoms with Gasteiger partial charge in [0, 0.05) is 23.7 Å². The van der Waals surface area contributed by atoms with Gasteiger partial charge in [-0.15, -0.1) is 11.8 Å². The Kier molecular flexibility index (Phi) is 4.75. The summed E-state index contributed by atoms with van der Waals surface area (Å²) in [5, 5.41) is 3.32. The van der Waals surface area contributed by atoms with Gasteiger partial charge in [-0.1, -0.05) is 18.9 Å². The van der Waals surface area contributed by atoms with Gasteiger partial charge in [-0.05, 0) is 62.1 Å². The Labute approximate surface area is 165 Å². The van der Waals surface area contributed by atoms with Crippen LogP contribution in [0.3, 0.4) is 0 Å². The molecule has 5 heteroatoms. The van der Waals surface area contributed by atoms with Gasteiger partial charge in [-0.25, -0.2) is 0 Å². The Morgan fingerprint density at radius 2 is 2.07 bits per heavy atom. The molecule has 4 nitrogen and oxygen atoms in total. The highest BCUT2D eigenvalue weighted by Crippen LogP contribution is 2.42. The van der Waals surface area contributed by atoms with E-state index < -0.39 is 0 Å². The predicted molar refractivity (Wildman–Crippen MR) is 113 cm³/mol. The third-order valence-electron chi connectivity index (χ3n) is 5.52. The Morgan fingerprint density at radius 1 is 1.30 bits per heavy atom. The third-order valence-corrected chi connectivity index (χ3v) is 6.25. The number of ether oxygens (including phenoxy) is 1. The second-order valence-electron chi connectivity index (χ2n) is 8.38. The van der Waals surface area contributed by atoms with Crippen molar-refractivity contribution >= 4 is 17.4 Å². The molecule has 0 unspecified atom stereocenters. The van der Waals surface area contributed by atoms with Crippen LogP contribution >= 0.6 is 11.8 Å². The summed E-state index contributed by atoms with van der Waals surface area (Å²) in [7, 11) is 1.82. The first-order valence-corrected chi connectivity index (χ1v) is 10.9. The van der Waals surface area contributed by atoms with Crippen LogP contribution in [0.15, 0.2) is 34.1 Å². The highest BCUT2D eigenvalue weighted by molar-refractivity contribution is 7.98. The van der Waals surface area contributed by atoms with E-state index in [0.717, 1.165) is 17.9 Å². The van der Waals surface area contributed by atoms with Gasteiger partial charge in [0.1, 0.15) is 11.3 Å². The van der Waals surface area contributed by atoms with Crippen molar-refractivity contribution in [1.29, 1.82) is 0 Å². The normalized spacial score (nSPS) is 17.8. The maximum absolute atomic E-state index is 12.7. The van der Waals surface area contributed by atoms with Gasteiger partial charge in [0.05, 0.1) is 6.54 Å². The standard InChI is InChI=1S/C22H28N2O2S/c1-22(2)13-23-19-20(26-22)18(12-24(3)21(19)25)17-11-16(27-4)10-9-15(17)8-7-14-5-6-14/h9-12,14,23H,5-8,13H2,1-4H3. The van der Waals surface area contributed by atoms with Gasteiger partial charge in [-0.3, -0.25) is 4.79 Å². The Balaban J connectivity index is 1.87. The minimum absolute atomic E-state index is 0.0372. The molecule has 0 spiro atoms. The van der Waals surface area contributed by atoms with E-state index >= 15 is 0 Å². The smallest absolute Gasteiger partial charge is 0.277 e. The quantitative estimate of drug-likeness (QED) is 0.759. The summed E-state index contributed by atoms with van der Waals surface area (Å²) in [6.07, 6.45) is 9.08. The van der Waals surface area contributed by atoms with Crippen molar-refractivity contribution in [1.82, 2.24) is 4.57 Å². The molecular formula is C22H28N2O2S. The summed E-state index contributed by atoms with van der Waals surface area (Å²) in [4.78, 5) is 13.9. The first-order valence-electron chi connectivity index (χ1n) is 9.72. The van der Waals surface area contributed by atoms with Crippen molar-refractivity contribution < 1.29 is 4.74 Å². The molecule has 1 saturated carbocycles. The lowest BCUT2D eigenvalue weighted by atomic mass is 9.95. The number of thioether (sulfide) groups is 1. The van der Waals surface area contributed by atoms with Crippen LogP contribution in [-0.4, -0.2) is 23.0 Å². The van der Waals surface area contributed by atoms with Crippen LogP contribution < -0.4 is 15.6 Å². The van der Waals surface area contributed by atoms with Crippen molar-refractivity contribution in [3.63, 3.8) is 0 Å². The number of anilines is 1. The maximum Gasteiger partial charge on any atom is 0.277 e. The third kappa shape index (κ3) is 3.75. The topological polar surface area (TPSA) is 43.3 Å². The summed E-state index contributed by atoms with van der Waals surface area (Å²) >= 11 is 1.74. The summed E-state index contributed by atoms with van der Waals surface area (Å²) in [6.45, 7) is 4.73. The van der Waals surface area contributed by atoms with Crippen molar-refractivity contribution in [3.05, 3.63) is 40.3 Å². The molecule has 1 aromatic heterocycles. The highest BCUT2D eigenvalue weighted by atomic mass is 32.2. The number of pyridine rings is 1. The van der Waals surface area contributed by atoms with Gasteiger partial charge >= 0.3 is 0 Å². The van der Waals surface area contributed by atoms with Gasteiger partial charge in [-0.2, -0.15) is 0 Å². The second-order valence-corrected chi connectivity index (χ2v) is 9.26. The molecule has 0 radical (unpaired) electrons. The van der Waals surface area contributed by atoms with Gasteiger partial charge in [0.25, 0.3) is 5.56 Å². The largest absolute Gasteiger partial charge is 0.483 e. The monoisotopic (exact) mass is 384 g/mol. The second kappa shape index (κ2) is 6.93. The molecule has 2 aromatic rings. The zero-order valence-corrected chi connectivity index (χ0v) is 17.4. The molecule has 1 aromatic carbocycles. The number of aromatic nitrogens is 1. The first kappa shape index (κ1) is 18.5. The molecule has 2 heterocycles. The number of hydrogen-bond acceptors (Lipinski definition) is 4. The van der Waals surface area contributed by atoms with Crippen LogP contribution in [0.2, 0.25) is 0 Å². The Morgan fingerprint density at radius 3 is 2.78 bits per heavy atom. The molecule has 0 bridgehead atoms. The molecule has 0 amide bonds. The molecule has 1 N–H and O–H groups in total. The van der Waals surface area contributed by atoms with Gasteiger partial charge in [0.2, 0.25) is 0 Å². The van der Waals surface area contributed by atoms with Crippen molar-refractivity contribution in [3.8, 4) is 16.9 Å². The number of fused-ring (bicyclic) bond motifs is 1. The van der Waals surface area contributed by atoms with E-state index in [4.69, 9.17) is 4.74 Å². The van der Waals surface area contributed by atoms with E-state index in [1.807, 2.05) is 13.2 Å². The SMILES string of the molecule is CSc1ccc(CCC2CC2)c(-c2cn(C)c(=O)c3c2OC(C)(C)CN3)c1. The summed E-state index contributed by atoms with van der Waals surface area (Å²) in [5.41, 5.74) is 3.73. The fraction of sp³-hybridized carbons (Fsp3) is 0.500. The zero-order chi connectivity index (χ0) is 19.2. The molecular weight excluding hydrogens is 356 g/mol. The maximum atomic E-state index is 12.7. The number of aryl methyl sites for hydroxylation is 2. The lowest BCUT2D eigenvalue weighted by Crippen LogP contribution is -2.42. The fourth-order valence-electron chi connectivity index (χ4n) is 3.70. The van der Waals surface area contributed by atoms with E-state index in [-0.39, 0.29) is 11.2 Å². The molecule has 0 atom stereocenters. The molecule has 1 aliphatic heterocycles. The molecule has 144 valence electrons. The molecule has 4 rings (SSSR count). The number of nitrogens with zero attached hydrogens (tertiary/aromatic N) is 1. The van der Waals surface area contributed by atoms with Crippen LogP contribution in [-0.2, 0) is 13.5 Å². The van der Waals surface area contributed by atoms with Crippen LogP contribution in [0.1, 0.15) is 38.7 Å². The lowest BCUT2D eigenvalue weighted by molar-refractivity contribution is 0.116. The van der Waals surface area contributed by atoms with Gasteiger partial charge < -0.3 is 14.6 Å². The summed E-state index contributed by atoms with van der Waals surface area (Å²) in [5.74, 6) is 1.59. The number of benzene rings is 1. The van der Waals surface area contributed by atoms with Gasteiger partial charge in [0.15, 0.2) is 5.75 Å². The molecule has 27 heavy (non-hydrogen) atoms. The highest BCUT2D eigenvalue weighted by Gasteiger charge is 2.31. The lowest BCUT2D eigenvalue weighted by Gasteiger charge is -2.34.